The number of hydrogen-bond acceptors (Lipinski definition) is 3. The average molecular weight is 208 g/mol. The molecular formula is C11H12O4. The molecule has 0 aliphatic carbocycles. The standard InChI is InChI=1S/C11H12O4/c1-3-4-7-8(11(13)14)5-6-9(12)10(7)15-2/h3,5-6,12H,1,4H2,2H3,(H,13,14). The molecule has 4 heteroatoms. The minimum absolute atomic E-state index is 0.0700. The van der Waals surface area contributed by atoms with Gasteiger partial charge in [0.15, 0.2) is 11.5 Å². The van der Waals surface area contributed by atoms with E-state index in [1.54, 1.807) is 6.08 Å². The van der Waals surface area contributed by atoms with Crippen LogP contribution in [0.25, 0.3) is 0 Å². The molecule has 1 rings (SSSR count). The third-order valence-electron chi connectivity index (χ3n) is 2.02. The molecule has 1 aromatic rings. The van der Waals surface area contributed by atoms with E-state index < -0.39 is 5.97 Å². The molecule has 0 fully saturated rings. The third-order valence-corrected chi connectivity index (χ3v) is 2.02. The zero-order valence-corrected chi connectivity index (χ0v) is 8.36. The molecule has 2 N–H and O–H groups in total. The highest BCUT2D eigenvalue weighted by atomic mass is 16.5. The molecule has 0 spiro atoms. The van der Waals surface area contributed by atoms with E-state index >= 15 is 0 Å². The Labute approximate surface area is 87.4 Å². The van der Waals surface area contributed by atoms with Crippen molar-refractivity contribution in [2.45, 2.75) is 6.42 Å². The van der Waals surface area contributed by atoms with Gasteiger partial charge in [-0.25, -0.2) is 4.79 Å². The number of aromatic carboxylic acids is 1. The fraction of sp³-hybridized carbons (Fsp3) is 0.182. The third kappa shape index (κ3) is 2.10. The van der Waals surface area contributed by atoms with Gasteiger partial charge in [-0.3, -0.25) is 0 Å². The Kier molecular flexibility index (Phi) is 3.33. The number of rotatable bonds is 4. The van der Waals surface area contributed by atoms with Crippen molar-refractivity contribution in [3.05, 3.63) is 35.9 Å². The van der Waals surface area contributed by atoms with Gasteiger partial charge in [0, 0.05) is 5.56 Å². The monoisotopic (exact) mass is 208 g/mol. The van der Waals surface area contributed by atoms with Gasteiger partial charge in [0.05, 0.1) is 12.7 Å². The number of carboxylic acid groups (broad SMARTS) is 1. The molecule has 0 aliphatic heterocycles. The van der Waals surface area contributed by atoms with Crippen LogP contribution < -0.4 is 4.74 Å². The van der Waals surface area contributed by atoms with Crippen molar-refractivity contribution in [1.29, 1.82) is 0 Å². The number of benzene rings is 1. The molecular weight excluding hydrogens is 196 g/mol. The van der Waals surface area contributed by atoms with Gasteiger partial charge in [-0.2, -0.15) is 0 Å². The summed E-state index contributed by atoms with van der Waals surface area (Å²) in [6, 6.07) is 2.65. The zero-order chi connectivity index (χ0) is 11.4. The van der Waals surface area contributed by atoms with E-state index in [1.165, 1.54) is 19.2 Å². The first kappa shape index (κ1) is 11.1. The first-order valence-corrected chi connectivity index (χ1v) is 4.34. The Balaban J connectivity index is 3.40. The lowest BCUT2D eigenvalue weighted by atomic mass is 10.0. The second-order valence-corrected chi connectivity index (χ2v) is 2.94. The number of ether oxygens (including phenoxy) is 1. The van der Waals surface area contributed by atoms with E-state index in [0.717, 1.165) is 0 Å². The molecule has 0 amide bonds. The van der Waals surface area contributed by atoms with Gasteiger partial charge >= 0.3 is 5.97 Å². The minimum atomic E-state index is -1.05. The van der Waals surface area contributed by atoms with Gasteiger partial charge in [-0.1, -0.05) is 6.08 Å². The normalized spacial score (nSPS) is 9.67. The molecule has 0 saturated carbocycles. The van der Waals surface area contributed by atoms with Crippen molar-refractivity contribution < 1.29 is 19.7 Å². The number of phenolic OH excluding ortho intramolecular Hbond substituents is 1. The largest absolute Gasteiger partial charge is 0.504 e. The van der Waals surface area contributed by atoms with Gasteiger partial charge < -0.3 is 14.9 Å². The van der Waals surface area contributed by atoms with Crippen LogP contribution in [0.2, 0.25) is 0 Å². The van der Waals surface area contributed by atoms with Crippen LogP contribution in [0, 0.1) is 0 Å². The van der Waals surface area contributed by atoms with E-state index in [9.17, 15) is 9.90 Å². The molecule has 0 radical (unpaired) electrons. The lowest BCUT2D eigenvalue weighted by Crippen LogP contribution is -2.04. The SMILES string of the molecule is C=CCc1c(C(=O)O)ccc(O)c1OC. The number of phenols is 1. The van der Waals surface area contributed by atoms with Gasteiger partial charge in [0.1, 0.15) is 0 Å². The number of aromatic hydroxyl groups is 1. The highest BCUT2D eigenvalue weighted by Crippen LogP contribution is 2.33. The smallest absolute Gasteiger partial charge is 0.336 e. The Morgan fingerprint density at radius 2 is 2.27 bits per heavy atom. The lowest BCUT2D eigenvalue weighted by molar-refractivity contribution is 0.0695. The summed E-state index contributed by atoms with van der Waals surface area (Å²) in [5, 5.41) is 18.4. The van der Waals surface area contributed by atoms with E-state index in [4.69, 9.17) is 9.84 Å². The van der Waals surface area contributed by atoms with E-state index in [1.807, 2.05) is 0 Å². The van der Waals surface area contributed by atoms with Crippen molar-refractivity contribution in [2.24, 2.45) is 0 Å². The molecule has 4 nitrogen and oxygen atoms in total. The number of carboxylic acids is 1. The summed E-state index contributed by atoms with van der Waals surface area (Å²) in [7, 11) is 1.38. The van der Waals surface area contributed by atoms with E-state index in [-0.39, 0.29) is 17.1 Å². The van der Waals surface area contributed by atoms with Crippen LogP contribution in [0.3, 0.4) is 0 Å². The summed E-state index contributed by atoms with van der Waals surface area (Å²) in [5.41, 5.74) is 0.546. The van der Waals surface area contributed by atoms with Crippen molar-refractivity contribution >= 4 is 5.97 Å². The molecule has 0 heterocycles. The van der Waals surface area contributed by atoms with Crippen molar-refractivity contribution in [1.82, 2.24) is 0 Å². The molecule has 0 aliphatic rings. The predicted octanol–water partition coefficient (Wildman–Crippen LogP) is 1.83. The Bertz CT molecular complexity index is 396. The Morgan fingerprint density at radius 3 is 2.73 bits per heavy atom. The molecule has 1 aromatic carbocycles. The number of hydrogen-bond donors (Lipinski definition) is 2. The quantitative estimate of drug-likeness (QED) is 0.741. The fourth-order valence-electron chi connectivity index (χ4n) is 1.39. The fourth-order valence-corrected chi connectivity index (χ4v) is 1.39. The first-order chi connectivity index (χ1) is 7.11. The molecule has 0 unspecified atom stereocenters. The summed E-state index contributed by atoms with van der Waals surface area (Å²) in [6.07, 6.45) is 1.89. The summed E-state index contributed by atoms with van der Waals surface area (Å²) in [5.74, 6) is -0.931. The van der Waals surface area contributed by atoms with Crippen molar-refractivity contribution in [3.8, 4) is 11.5 Å². The van der Waals surface area contributed by atoms with Crippen LogP contribution in [0.15, 0.2) is 24.8 Å². The van der Waals surface area contributed by atoms with Gasteiger partial charge in [0.2, 0.25) is 0 Å². The van der Waals surface area contributed by atoms with Crippen LogP contribution in [0.1, 0.15) is 15.9 Å². The maximum Gasteiger partial charge on any atom is 0.336 e. The minimum Gasteiger partial charge on any atom is -0.504 e. The van der Waals surface area contributed by atoms with Crippen LogP contribution in [-0.2, 0) is 6.42 Å². The second-order valence-electron chi connectivity index (χ2n) is 2.94. The number of carbonyl (C=O) groups is 1. The maximum absolute atomic E-state index is 10.9. The highest BCUT2D eigenvalue weighted by Gasteiger charge is 2.16. The van der Waals surface area contributed by atoms with E-state index in [2.05, 4.69) is 6.58 Å². The van der Waals surface area contributed by atoms with Crippen LogP contribution >= 0.6 is 0 Å². The van der Waals surface area contributed by atoms with Crippen LogP contribution in [-0.4, -0.2) is 23.3 Å². The Hall–Kier alpha value is -1.97. The zero-order valence-electron chi connectivity index (χ0n) is 8.36. The van der Waals surface area contributed by atoms with Gasteiger partial charge in [0.25, 0.3) is 0 Å². The summed E-state index contributed by atoms with van der Waals surface area (Å²) in [6.45, 7) is 3.53. The van der Waals surface area contributed by atoms with Crippen LogP contribution in [0.4, 0.5) is 0 Å². The van der Waals surface area contributed by atoms with Gasteiger partial charge in [-0.15, -0.1) is 6.58 Å². The number of methoxy groups -OCH3 is 1. The highest BCUT2D eigenvalue weighted by molar-refractivity contribution is 5.90. The van der Waals surface area contributed by atoms with Crippen molar-refractivity contribution in [2.75, 3.05) is 7.11 Å². The molecule has 0 aromatic heterocycles. The number of allylic oxidation sites excluding steroid dienone is 1. The second kappa shape index (κ2) is 4.50. The molecule has 0 bridgehead atoms. The van der Waals surface area contributed by atoms with E-state index in [0.29, 0.717) is 12.0 Å². The predicted molar refractivity (Wildman–Crippen MR) is 55.5 cm³/mol. The van der Waals surface area contributed by atoms with Crippen LogP contribution in [0.5, 0.6) is 11.5 Å². The topological polar surface area (TPSA) is 66.8 Å². The van der Waals surface area contributed by atoms with Gasteiger partial charge in [-0.05, 0) is 18.6 Å². The average Bonchev–Trinajstić information content (AvgIpc) is 2.18. The molecule has 0 saturated heterocycles. The Morgan fingerprint density at radius 1 is 1.60 bits per heavy atom. The summed E-state index contributed by atoms with van der Waals surface area (Å²) < 4.78 is 4.96. The maximum atomic E-state index is 10.9. The molecule has 0 atom stereocenters. The summed E-state index contributed by atoms with van der Waals surface area (Å²) in [4.78, 5) is 10.9. The lowest BCUT2D eigenvalue weighted by Gasteiger charge is -2.11. The molecule has 15 heavy (non-hydrogen) atoms. The molecule has 80 valence electrons. The van der Waals surface area contributed by atoms with Crippen molar-refractivity contribution in [3.63, 3.8) is 0 Å². The first-order valence-electron chi connectivity index (χ1n) is 4.34. The summed E-state index contributed by atoms with van der Waals surface area (Å²) >= 11 is 0.